The van der Waals surface area contributed by atoms with Crippen molar-refractivity contribution in [3.63, 3.8) is 0 Å². The summed E-state index contributed by atoms with van der Waals surface area (Å²) >= 11 is 0. The number of likely N-dealkylation sites (tertiary alicyclic amines) is 1. The van der Waals surface area contributed by atoms with Gasteiger partial charge in [0.1, 0.15) is 11.4 Å². The standard InChI is InChI=1S/C23H24FN3O3/c1-14-4-5-16(24)12-19(14)22(28)25-17-6-7-20-15(10-17)11-21(30-20)23(29)27(3)18-8-9-26(2)13-18/h4-7,10-12,18H,8-9,13H2,1-3H3,(H,25,28). The lowest BCUT2D eigenvalue weighted by atomic mass is 10.1. The Kier molecular flexibility index (Phi) is 5.30. The van der Waals surface area contributed by atoms with Crippen LogP contribution < -0.4 is 5.32 Å². The van der Waals surface area contributed by atoms with E-state index in [9.17, 15) is 14.0 Å². The Balaban J connectivity index is 1.53. The van der Waals surface area contributed by atoms with Crippen molar-refractivity contribution in [3.8, 4) is 0 Å². The molecule has 1 N–H and O–H groups in total. The minimum absolute atomic E-state index is 0.160. The van der Waals surface area contributed by atoms with Crippen LogP contribution in [0.2, 0.25) is 0 Å². The molecule has 30 heavy (non-hydrogen) atoms. The van der Waals surface area contributed by atoms with Crippen molar-refractivity contribution in [2.45, 2.75) is 19.4 Å². The van der Waals surface area contributed by atoms with Gasteiger partial charge in [0.25, 0.3) is 11.8 Å². The molecule has 1 aliphatic heterocycles. The van der Waals surface area contributed by atoms with Crippen LogP contribution in [0.25, 0.3) is 11.0 Å². The van der Waals surface area contributed by atoms with Crippen LogP contribution >= 0.6 is 0 Å². The second-order valence-corrected chi connectivity index (χ2v) is 7.90. The molecular weight excluding hydrogens is 385 g/mol. The SMILES string of the molecule is Cc1ccc(F)cc1C(=O)Nc1ccc2oc(C(=O)N(C)C3CCN(C)C3)cc2c1. The van der Waals surface area contributed by atoms with Crippen LogP contribution in [0.4, 0.5) is 10.1 Å². The first-order valence-electron chi connectivity index (χ1n) is 9.88. The first kappa shape index (κ1) is 20.1. The molecule has 2 heterocycles. The molecule has 2 amide bonds. The highest BCUT2D eigenvalue weighted by molar-refractivity contribution is 6.06. The molecule has 1 aliphatic rings. The van der Waals surface area contributed by atoms with Crippen LogP contribution in [0.5, 0.6) is 0 Å². The van der Waals surface area contributed by atoms with Crippen LogP contribution in [-0.4, -0.2) is 54.8 Å². The molecule has 0 bridgehead atoms. The van der Waals surface area contributed by atoms with Gasteiger partial charge in [0, 0.05) is 36.3 Å². The zero-order valence-electron chi connectivity index (χ0n) is 17.2. The number of amides is 2. The number of aryl methyl sites for hydroxylation is 1. The number of hydrogen-bond acceptors (Lipinski definition) is 4. The van der Waals surface area contributed by atoms with E-state index in [1.165, 1.54) is 12.1 Å². The van der Waals surface area contributed by atoms with Gasteiger partial charge < -0.3 is 19.5 Å². The fourth-order valence-electron chi connectivity index (χ4n) is 3.83. The van der Waals surface area contributed by atoms with Crippen molar-refractivity contribution in [3.05, 3.63) is 65.2 Å². The number of benzene rings is 2. The predicted molar refractivity (Wildman–Crippen MR) is 113 cm³/mol. The molecule has 0 radical (unpaired) electrons. The van der Waals surface area contributed by atoms with Gasteiger partial charge in [-0.25, -0.2) is 4.39 Å². The average Bonchev–Trinajstić information content (AvgIpc) is 3.34. The molecule has 0 saturated carbocycles. The summed E-state index contributed by atoms with van der Waals surface area (Å²) in [5.74, 6) is -0.744. The van der Waals surface area contributed by atoms with Crippen LogP contribution in [0, 0.1) is 12.7 Å². The second-order valence-electron chi connectivity index (χ2n) is 7.90. The molecule has 4 rings (SSSR count). The molecule has 7 heteroatoms. The van der Waals surface area contributed by atoms with Gasteiger partial charge >= 0.3 is 0 Å². The summed E-state index contributed by atoms with van der Waals surface area (Å²) in [7, 11) is 3.84. The number of nitrogens with zero attached hydrogens (tertiary/aromatic N) is 2. The monoisotopic (exact) mass is 409 g/mol. The predicted octanol–water partition coefficient (Wildman–Crippen LogP) is 3.91. The number of carbonyl (C=O) groups is 2. The fourth-order valence-corrected chi connectivity index (χ4v) is 3.83. The van der Waals surface area contributed by atoms with Crippen LogP contribution in [-0.2, 0) is 0 Å². The van der Waals surface area contributed by atoms with Gasteiger partial charge in [0.2, 0.25) is 0 Å². The third-order valence-corrected chi connectivity index (χ3v) is 5.66. The van der Waals surface area contributed by atoms with E-state index in [4.69, 9.17) is 4.42 Å². The maximum atomic E-state index is 13.5. The highest BCUT2D eigenvalue weighted by Crippen LogP contribution is 2.25. The van der Waals surface area contributed by atoms with E-state index in [2.05, 4.69) is 10.2 Å². The zero-order chi connectivity index (χ0) is 21.4. The molecule has 2 aromatic carbocycles. The lowest BCUT2D eigenvalue weighted by Crippen LogP contribution is -2.38. The van der Waals surface area contributed by atoms with Crippen molar-refractivity contribution >= 4 is 28.5 Å². The average molecular weight is 409 g/mol. The molecule has 0 spiro atoms. The minimum atomic E-state index is -0.461. The molecule has 1 fully saturated rings. The number of likely N-dealkylation sites (N-methyl/N-ethyl adjacent to an activating group) is 2. The molecular formula is C23H24FN3O3. The van der Waals surface area contributed by atoms with Gasteiger partial charge in [0.05, 0.1) is 0 Å². The largest absolute Gasteiger partial charge is 0.451 e. The van der Waals surface area contributed by atoms with E-state index in [1.807, 2.05) is 7.05 Å². The number of nitrogens with one attached hydrogen (secondary N) is 1. The Morgan fingerprint density at radius 1 is 1.20 bits per heavy atom. The summed E-state index contributed by atoms with van der Waals surface area (Å²) in [5.41, 5.74) is 2.07. The molecule has 1 atom stereocenters. The van der Waals surface area contributed by atoms with Crippen molar-refractivity contribution < 1.29 is 18.4 Å². The third-order valence-electron chi connectivity index (χ3n) is 5.66. The maximum absolute atomic E-state index is 13.5. The number of anilines is 1. The normalized spacial score (nSPS) is 16.7. The first-order valence-corrected chi connectivity index (χ1v) is 9.88. The summed E-state index contributed by atoms with van der Waals surface area (Å²) in [6.45, 7) is 3.57. The van der Waals surface area contributed by atoms with Crippen molar-refractivity contribution in [1.82, 2.24) is 9.80 Å². The summed E-state index contributed by atoms with van der Waals surface area (Å²) in [6.07, 6.45) is 0.939. The topological polar surface area (TPSA) is 65.8 Å². The van der Waals surface area contributed by atoms with Crippen molar-refractivity contribution in [1.29, 1.82) is 0 Å². The summed E-state index contributed by atoms with van der Waals surface area (Å²) in [6, 6.07) is 11.1. The van der Waals surface area contributed by atoms with E-state index >= 15 is 0 Å². The molecule has 1 saturated heterocycles. The van der Waals surface area contributed by atoms with Gasteiger partial charge in [-0.1, -0.05) is 6.07 Å². The number of halogens is 1. The summed E-state index contributed by atoms with van der Waals surface area (Å²) < 4.78 is 19.3. The lowest BCUT2D eigenvalue weighted by molar-refractivity contribution is 0.0707. The zero-order valence-corrected chi connectivity index (χ0v) is 17.2. The Hall–Kier alpha value is -3.19. The van der Waals surface area contributed by atoms with Crippen molar-refractivity contribution in [2.24, 2.45) is 0 Å². The lowest BCUT2D eigenvalue weighted by Gasteiger charge is -2.23. The molecule has 3 aromatic rings. The smallest absolute Gasteiger partial charge is 0.289 e. The van der Waals surface area contributed by atoms with Crippen molar-refractivity contribution in [2.75, 3.05) is 32.5 Å². The number of hydrogen-bond donors (Lipinski definition) is 1. The Labute approximate surface area is 174 Å². The molecule has 6 nitrogen and oxygen atoms in total. The minimum Gasteiger partial charge on any atom is -0.451 e. The van der Waals surface area contributed by atoms with Gasteiger partial charge in [0.15, 0.2) is 5.76 Å². The van der Waals surface area contributed by atoms with E-state index in [0.717, 1.165) is 19.5 Å². The van der Waals surface area contributed by atoms with Gasteiger partial charge in [-0.05, 0) is 68.9 Å². The van der Waals surface area contributed by atoms with E-state index in [1.54, 1.807) is 49.2 Å². The second kappa shape index (κ2) is 7.91. The third kappa shape index (κ3) is 3.93. The molecule has 0 aliphatic carbocycles. The Bertz CT molecular complexity index is 1120. The van der Waals surface area contributed by atoms with Crippen LogP contribution in [0.1, 0.15) is 32.9 Å². The molecule has 1 aromatic heterocycles. The molecule has 1 unspecified atom stereocenters. The summed E-state index contributed by atoms with van der Waals surface area (Å²) in [5, 5.41) is 3.49. The molecule has 156 valence electrons. The van der Waals surface area contributed by atoms with Crippen LogP contribution in [0.15, 0.2) is 46.9 Å². The highest BCUT2D eigenvalue weighted by atomic mass is 19.1. The van der Waals surface area contributed by atoms with Gasteiger partial charge in [-0.15, -0.1) is 0 Å². The van der Waals surface area contributed by atoms with E-state index < -0.39 is 11.7 Å². The van der Waals surface area contributed by atoms with E-state index in [-0.39, 0.29) is 23.3 Å². The number of fused-ring (bicyclic) bond motifs is 1. The fraction of sp³-hybridized carbons (Fsp3) is 0.304. The number of rotatable bonds is 4. The Morgan fingerprint density at radius 3 is 2.73 bits per heavy atom. The maximum Gasteiger partial charge on any atom is 0.289 e. The number of furan rings is 1. The Morgan fingerprint density at radius 2 is 2.00 bits per heavy atom. The first-order chi connectivity index (χ1) is 14.3. The van der Waals surface area contributed by atoms with Crippen LogP contribution in [0.3, 0.4) is 0 Å². The highest BCUT2D eigenvalue weighted by Gasteiger charge is 2.28. The van der Waals surface area contributed by atoms with Gasteiger partial charge in [-0.2, -0.15) is 0 Å². The summed E-state index contributed by atoms with van der Waals surface area (Å²) in [4.78, 5) is 29.3. The van der Waals surface area contributed by atoms with Gasteiger partial charge in [-0.3, -0.25) is 9.59 Å². The quantitative estimate of drug-likeness (QED) is 0.710. The number of carbonyl (C=O) groups excluding carboxylic acids is 2. The van der Waals surface area contributed by atoms with E-state index in [0.29, 0.717) is 22.2 Å².